The first-order chi connectivity index (χ1) is 4.04. The van der Waals surface area contributed by atoms with Crippen LogP contribution < -0.4 is 10.8 Å². The van der Waals surface area contributed by atoms with Crippen LogP contribution in [0.15, 0.2) is 0 Å². The molecule has 5 nitrogen and oxygen atoms in total. The Morgan fingerprint density at radius 3 is 2.44 bits per heavy atom. The second-order valence-electron chi connectivity index (χ2n) is 1.50. The normalized spacial score (nSPS) is 16.7. The maximum atomic E-state index is 9.89. The molecule has 0 heterocycles. The summed E-state index contributed by atoms with van der Waals surface area (Å²) in [6.07, 6.45) is 0. The summed E-state index contributed by atoms with van der Waals surface area (Å²) in [4.78, 5) is 9.82. The number of carboxylic acid groups (broad SMARTS) is 1. The fourth-order valence-electron chi connectivity index (χ4n) is 0.240. The van der Waals surface area contributed by atoms with Crippen LogP contribution in [0.2, 0.25) is 0 Å². The second-order valence-corrected chi connectivity index (χ2v) is 2.48. The van der Waals surface area contributed by atoms with Crippen molar-refractivity contribution in [2.24, 2.45) is 0 Å². The van der Waals surface area contributed by atoms with Crippen molar-refractivity contribution in [3.05, 3.63) is 0 Å². The van der Waals surface area contributed by atoms with E-state index in [0.29, 0.717) is 0 Å². The standard InChI is InChI=1S/C3H7NO4S/c4-2(3(5)6)1-9(7)8/h2H,1,4H2,(H,5,6)(H,7,8)/t2-/m1/s1. The monoisotopic (exact) mass is 153 g/mol. The zero-order valence-corrected chi connectivity index (χ0v) is 5.39. The highest BCUT2D eigenvalue weighted by molar-refractivity contribution is 7.79. The summed E-state index contributed by atoms with van der Waals surface area (Å²) < 4.78 is 18.0. The Balaban J connectivity index is 3.63. The Morgan fingerprint density at radius 1 is 1.89 bits per heavy atom. The smallest absolute Gasteiger partial charge is 0.159 e. The molecule has 2 atom stereocenters. The zero-order valence-electron chi connectivity index (χ0n) is 4.57. The molecule has 1 unspecified atom stereocenters. The lowest BCUT2D eigenvalue weighted by molar-refractivity contribution is -0.431. The molecule has 0 rings (SSSR count). The Bertz CT molecular complexity index is 136. The molecule has 0 amide bonds. The Kier molecular flexibility index (Phi) is 3.36. The van der Waals surface area contributed by atoms with E-state index < -0.39 is 23.1 Å². The van der Waals surface area contributed by atoms with E-state index in [1.807, 2.05) is 0 Å². The lowest BCUT2D eigenvalue weighted by Crippen LogP contribution is -2.70. The molecular formula is C3H7NO4S. The first-order valence-corrected chi connectivity index (χ1v) is 3.43. The van der Waals surface area contributed by atoms with Gasteiger partial charge in [-0.05, 0) is 0 Å². The van der Waals surface area contributed by atoms with Crippen molar-refractivity contribution in [2.75, 3.05) is 5.75 Å². The van der Waals surface area contributed by atoms with E-state index in [2.05, 4.69) is 5.73 Å². The molecule has 0 fully saturated rings. The quantitative estimate of drug-likeness (QED) is 0.411. The number of hydrogen-bond acceptors (Lipinski definition) is 3. The number of carbonyl (C=O) groups excluding carboxylic acids is 1. The minimum Gasteiger partial charge on any atom is -0.544 e. The van der Waals surface area contributed by atoms with Gasteiger partial charge in [0.15, 0.2) is 11.1 Å². The van der Waals surface area contributed by atoms with Crippen LogP contribution in [0, 0.1) is 0 Å². The molecule has 0 bridgehead atoms. The summed E-state index contributed by atoms with van der Waals surface area (Å²) >= 11 is -2.10. The molecule has 0 radical (unpaired) electrons. The molecular weight excluding hydrogens is 146 g/mol. The average Bonchev–Trinajstić information content (AvgIpc) is 1.63. The summed E-state index contributed by atoms with van der Waals surface area (Å²) in [7, 11) is 0. The molecule has 0 aromatic rings. The number of aliphatic carboxylic acids is 1. The minimum atomic E-state index is -2.10. The summed E-state index contributed by atoms with van der Waals surface area (Å²) in [5.74, 6) is -1.78. The van der Waals surface area contributed by atoms with Crippen molar-refractivity contribution in [3.8, 4) is 0 Å². The highest BCUT2D eigenvalue weighted by atomic mass is 32.2. The fourth-order valence-corrected chi connectivity index (χ4v) is 0.720. The van der Waals surface area contributed by atoms with Gasteiger partial charge in [-0.25, -0.2) is 4.21 Å². The van der Waals surface area contributed by atoms with Gasteiger partial charge >= 0.3 is 0 Å². The minimum absolute atomic E-state index is 0.373. The molecule has 6 heteroatoms. The molecule has 0 aliphatic carbocycles. The molecule has 0 aromatic carbocycles. The van der Waals surface area contributed by atoms with Gasteiger partial charge in [0.1, 0.15) is 17.8 Å². The van der Waals surface area contributed by atoms with Gasteiger partial charge in [-0.3, -0.25) is 0 Å². The first-order valence-electron chi connectivity index (χ1n) is 2.15. The molecule has 0 spiro atoms. The van der Waals surface area contributed by atoms with Gasteiger partial charge in [0.25, 0.3) is 0 Å². The van der Waals surface area contributed by atoms with Crippen LogP contribution in [0.1, 0.15) is 0 Å². The van der Waals surface area contributed by atoms with Crippen LogP contribution in [0.3, 0.4) is 0 Å². The van der Waals surface area contributed by atoms with Crippen molar-refractivity contribution in [2.45, 2.75) is 6.04 Å². The summed E-state index contributed by atoms with van der Waals surface area (Å²) in [5.41, 5.74) is 3.06. The van der Waals surface area contributed by atoms with Gasteiger partial charge in [0.05, 0.1) is 0 Å². The second kappa shape index (κ2) is 3.54. The van der Waals surface area contributed by atoms with Gasteiger partial charge in [0.2, 0.25) is 0 Å². The third-order valence-electron chi connectivity index (χ3n) is 0.677. The van der Waals surface area contributed by atoms with Crippen molar-refractivity contribution in [1.29, 1.82) is 0 Å². The largest absolute Gasteiger partial charge is 0.544 e. The maximum Gasteiger partial charge on any atom is 0.159 e. The van der Waals surface area contributed by atoms with E-state index in [4.69, 9.17) is 4.55 Å². The lowest BCUT2D eigenvalue weighted by Gasteiger charge is -2.04. The van der Waals surface area contributed by atoms with E-state index in [1.54, 1.807) is 0 Å². The lowest BCUT2D eigenvalue weighted by atomic mass is 10.4. The van der Waals surface area contributed by atoms with Crippen molar-refractivity contribution < 1.29 is 24.4 Å². The van der Waals surface area contributed by atoms with Crippen LogP contribution in [-0.2, 0) is 15.9 Å². The topological polar surface area (TPSA) is 105 Å². The van der Waals surface area contributed by atoms with Crippen molar-refractivity contribution in [1.82, 2.24) is 0 Å². The molecule has 0 aliphatic rings. The van der Waals surface area contributed by atoms with E-state index in [0.717, 1.165) is 0 Å². The molecule has 9 heavy (non-hydrogen) atoms. The summed E-state index contributed by atoms with van der Waals surface area (Å²) in [6, 6.07) is -1.10. The highest BCUT2D eigenvalue weighted by Gasteiger charge is 2.09. The Morgan fingerprint density at radius 2 is 2.33 bits per heavy atom. The molecule has 4 N–H and O–H groups in total. The maximum absolute atomic E-state index is 9.89. The van der Waals surface area contributed by atoms with Crippen LogP contribution in [0.4, 0.5) is 0 Å². The highest BCUT2D eigenvalue weighted by Crippen LogP contribution is 1.76. The number of hydrogen-bond donors (Lipinski definition) is 2. The number of quaternary nitrogens is 1. The van der Waals surface area contributed by atoms with Gasteiger partial charge in [-0.2, -0.15) is 0 Å². The van der Waals surface area contributed by atoms with Crippen LogP contribution in [0.25, 0.3) is 0 Å². The summed E-state index contributed by atoms with van der Waals surface area (Å²) in [6.45, 7) is 0. The third-order valence-corrected chi connectivity index (χ3v) is 1.36. The predicted molar refractivity (Wildman–Crippen MR) is 27.3 cm³/mol. The molecule has 0 aliphatic heterocycles. The fraction of sp³-hybridized carbons (Fsp3) is 0.667. The number of rotatable bonds is 3. The third kappa shape index (κ3) is 4.07. The van der Waals surface area contributed by atoms with Gasteiger partial charge in [0, 0.05) is 0 Å². The molecule has 0 saturated heterocycles. The molecule has 54 valence electrons. The number of carbonyl (C=O) groups is 1. The van der Waals surface area contributed by atoms with E-state index >= 15 is 0 Å². The average molecular weight is 153 g/mol. The molecule has 0 aromatic heterocycles. The van der Waals surface area contributed by atoms with Crippen molar-refractivity contribution in [3.63, 3.8) is 0 Å². The van der Waals surface area contributed by atoms with Crippen LogP contribution in [0.5, 0.6) is 0 Å². The van der Waals surface area contributed by atoms with Crippen LogP contribution >= 0.6 is 0 Å². The van der Waals surface area contributed by atoms with Gasteiger partial charge in [-0.15, -0.1) is 0 Å². The van der Waals surface area contributed by atoms with E-state index in [1.165, 1.54) is 0 Å². The number of carboxylic acids is 1. The Hall–Kier alpha value is -0.460. The van der Waals surface area contributed by atoms with Gasteiger partial charge < -0.3 is 20.2 Å². The van der Waals surface area contributed by atoms with E-state index in [-0.39, 0.29) is 5.75 Å². The van der Waals surface area contributed by atoms with Gasteiger partial charge in [-0.1, -0.05) is 0 Å². The van der Waals surface area contributed by atoms with Crippen molar-refractivity contribution >= 4 is 17.0 Å². The Labute approximate surface area is 54.1 Å². The molecule has 0 saturated carbocycles. The SMILES string of the molecule is [NH3+][C@H](CS(=O)O)C(=O)[O-]. The van der Waals surface area contributed by atoms with Crippen LogP contribution in [-0.4, -0.2) is 26.5 Å². The zero-order chi connectivity index (χ0) is 7.44. The first kappa shape index (κ1) is 8.54. The summed E-state index contributed by atoms with van der Waals surface area (Å²) in [5, 5.41) is 9.82. The van der Waals surface area contributed by atoms with E-state index in [9.17, 15) is 14.1 Å². The predicted octanol–water partition coefficient (Wildman–Crippen LogP) is -3.43.